The second-order valence-electron chi connectivity index (χ2n) is 4.73. The molecule has 3 N–H and O–H groups in total. The van der Waals surface area contributed by atoms with E-state index < -0.39 is 5.91 Å². The predicted octanol–water partition coefficient (Wildman–Crippen LogP) is 4.18. The van der Waals surface area contributed by atoms with Crippen LogP contribution in [0.25, 0.3) is 0 Å². The van der Waals surface area contributed by atoms with Crippen LogP contribution in [0.2, 0.25) is 10.0 Å². The third-order valence-corrected chi connectivity index (χ3v) is 4.61. The second kappa shape index (κ2) is 8.75. The third kappa shape index (κ3) is 4.66. The molecule has 2 aromatic rings. The van der Waals surface area contributed by atoms with E-state index >= 15 is 0 Å². The van der Waals surface area contributed by atoms with Crippen molar-refractivity contribution in [1.82, 2.24) is 5.43 Å². The average Bonchev–Trinajstić information content (AvgIpc) is 2.56. The van der Waals surface area contributed by atoms with E-state index in [2.05, 4.69) is 28.0 Å². The number of carbonyl (C=O) groups excluding carboxylic acids is 1. The van der Waals surface area contributed by atoms with E-state index in [0.29, 0.717) is 33.7 Å². The summed E-state index contributed by atoms with van der Waals surface area (Å²) in [6.07, 6.45) is 0. The minimum atomic E-state index is -0.398. The van der Waals surface area contributed by atoms with Crippen molar-refractivity contribution in [3.8, 4) is 11.5 Å². The number of halogens is 3. The molecule has 5 nitrogen and oxygen atoms in total. The zero-order chi connectivity index (χ0) is 17.7. The topological polar surface area (TPSA) is 73.6 Å². The van der Waals surface area contributed by atoms with Crippen LogP contribution in [0.3, 0.4) is 0 Å². The predicted molar refractivity (Wildman–Crippen MR) is 103 cm³/mol. The van der Waals surface area contributed by atoms with Crippen molar-refractivity contribution < 1.29 is 14.3 Å². The van der Waals surface area contributed by atoms with E-state index in [1.807, 2.05) is 13.0 Å². The summed E-state index contributed by atoms with van der Waals surface area (Å²) < 4.78 is 12.2. The van der Waals surface area contributed by atoms with Crippen LogP contribution in [0.1, 0.15) is 22.8 Å². The molecule has 2 aromatic carbocycles. The van der Waals surface area contributed by atoms with E-state index in [1.165, 1.54) is 0 Å². The van der Waals surface area contributed by atoms with Gasteiger partial charge in [-0.25, -0.2) is 5.84 Å². The highest BCUT2D eigenvalue weighted by Crippen LogP contribution is 2.35. The van der Waals surface area contributed by atoms with Gasteiger partial charge in [-0.2, -0.15) is 0 Å². The first-order valence-corrected chi connectivity index (χ1v) is 8.83. The molecule has 0 spiro atoms. The molecule has 0 atom stereocenters. The average molecular weight is 481 g/mol. The first kappa shape index (κ1) is 19.1. The van der Waals surface area contributed by atoms with Crippen LogP contribution in [-0.4, -0.2) is 12.5 Å². The molecule has 0 aliphatic rings. The van der Waals surface area contributed by atoms with Gasteiger partial charge in [0.25, 0.3) is 5.91 Å². The fourth-order valence-electron chi connectivity index (χ4n) is 1.97. The lowest BCUT2D eigenvalue weighted by atomic mass is 10.2. The second-order valence-corrected chi connectivity index (χ2v) is 6.71. The van der Waals surface area contributed by atoms with Crippen LogP contribution in [0.5, 0.6) is 11.5 Å². The van der Waals surface area contributed by atoms with Gasteiger partial charge in [0.2, 0.25) is 0 Å². The van der Waals surface area contributed by atoms with Crippen LogP contribution in [0, 0.1) is 3.57 Å². The Morgan fingerprint density at radius 3 is 2.58 bits per heavy atom. The summed E-state index contributed by atoms with van der Waals surface area (Å²) in [4.78, 5) is 11.7. The van der Waals surface area contributed by atoms with Crippen LogP contribution < -0.4 is 20.7 Å². The summed E-state index contributed by atoms with van der Waals surface area (Å²) in [7, 11) is 0. The van der Waals surface area contributed by atoms with Crippen molar-refractivity contribution in [2.75, 3.05) is 6.61 Å². The molecule has 0 saturated heterocycles. The lowest BCUT2D eigenvalue weighted by molar-refractivity contribution is 0.0953. The summed E-state index contributed by atoms with van der Waals surface area (Å²) in [5, 5.41) is 0.953. The van der Waals surface area contributed by atoms with Gasteiger partial charge < -0.3 is 9.47 Å². The number of ether oxygens (including phenoxy) is 2. The number of hydrogen-bond donors (Lipinski definition) is 2. The van der Waals surface area contributed by atoms with Gasteiger partial charge in [-0.15, -0.1) is 0 Å². The van der Waals surface area contributed by atoms with Gasteiger partial charge in [0.15, 0.2) is 11.5 Å². The quantitative estimate of drug-likeness (QED) is 0.281. The normalized spacial score (nSPS) is 10.4. The smallest absolute Gasteiger partial charge is 0.265 e. The number of hydrogen-bond acceptors (Lipinski definition) is 4. The largest absolute Gasteiger partial charge is 0.490 e. The maximum absolute atomic E-state index is 11.7. The van der Waals surface area contributed by atoms with Crippen molar-refractivity contribution in [2.45, 2.75) is 13.5 Å². The summed E-state index contributed by atoms with van der Waals surface area (Å²) >= 11 is 14.0. The number of nitrogens with one attached hydrogen (secondary N) is 1. The molecule has 0 radical (unpaired) electrons. The minimum absolute atomic E-state index is 0.287. The number of carbonyl (C=O) groups is 1. The summed E-state index contributed by atoms with van der Waals surface area (Å²) in [5.41, 5.74) is 3.36. The van der Waals surface area contributed by atoms with Crippen molar-refractivity contribution in [2.24, 2.45) is 5.84 Å². The number of nitrogen functional groups attached to an aromatic ring is 1. The molecular formula is C16H15Cl2IN2O3. The Hall–Kier alpha value is -1.22. The highest BCUT2D eigenvalue weighted by molar-refractivity contribution is 14.1. The first-order valence-electron chi connectivity index (χ1n) is 7.00. The molecule has 2 rings (SSSR count). The summed E-state index contributed by atoms with van der Waals surface area (Å²) in [5.74, 6) is 5.81. The molecule has 0 saturated carbocycles. The molecule has 8 heteroatoms. The minimum Gasteiger partial charge on any atom is -0.490 e. The van der Waals surface area contributed by atoms with Crippen LogP contribution in [0.15, 0.2) is 30.3 Å². The van der Waals surface area contributed by atoms with Crippen LogP contribution >= 0.6 is 45.8 Å². The molecule has 0 fully saturated rings. The van der Waals surface area contributed by atoms with Gasteiger partial charge in [0, 0.05) is 5.56 Å². The molecule has 0 aliphatic heterocycles. The Balaban J connectivity index is 2.27. The monoisotopic (exact) mass is 480 g/mol. The molecule has 0 unspecified atom stereocenters. The van der Waals surface area contributed by atoms with Gasteiger partial charge >= 0.3 is 0 Å². The number of amides is 1. The van der Waals surface area contributed by atoms with Gasteiger partial charge in [-0.05, 0) is 59.3 Å². The fourth-order valence-corrected chi connectivity index (χ4v) is 3.05. The summed E-state index contributed by atoms with van der Waals surface area (Å²) in [6.45, 7) is 2.58. The van der Waals surface area contributed by atoms with Gasteiger partial charge in [0.1, 0.15) is 6.61 Å². The van der Waals surface area contributed by atoms with Crippen molar-refractivity contribution in [1.29, 1.82) is 0 Å². The standard InChI is InChI=1S/C16H15Cl2IN2O3/c1-2-23-14-7-10(16(22)21-20)6-13(19)15(14)24-8-9-3-4-11(17)12(18)5-9/h3-7H,2,8,20H2,1H3,(H,21,22). The van der Waals surface area contributed by atoms with E-state index in [9.17, 15) is 4.79 Å². The zero-order valence-corrected chi connectivity index (χ0v) is 16.4. The summed E-state index contributed by atoms with van der Waals surface area (Å²) in [6, 6.07) is 8.56. The maximum Gasteiger partial charge on any atom is 0.265 e. The Morgan fingerprint density at radius 2 is 1.96 bits per heavy atom. The maximum atomic E-state index is 11.7. The van der Waals surface area contributed by atoms with Crippen LogP contribution in [-0.2, 0) is 6.61 Å². The van der Waals surface area contributed by atoms with Crippen LogP contribution in [0.4, 0.5) is 0 Å². The fraction of sp³-hybridized carbons (Fsp3) is 0.188. The molecular weight excluding hydrogens is 466 g/mol. The van der Waals surface area contributed by atoms with Gasteiger partial charge in [-0.3, -0.25) is 10.2 Å². The number of hydrazine groups is 1. The SMILES string of the molecule is CCOc1cc(C(=O)NN)cc(I)c1OCc1ccc(Cl)c(Cl)c1. The van der Waals surface area contributed by atoms with E-state index in [-0.39, 0.29) is 6.61 Å². The van der Waals surface area contributed by atoms with Crippen molar-refractivity contribution >= 4 is 51.7 Å². The Bertz CT molecular complexity index is 756. The first-order chi connectivity index (χ1) is 11.5. The highest BCUT2D eigenvalue weighted by atomic mass is 127. The Kier molecular flexibility index (Phi) is 6.97. The molecule has 0 bridgehead atoms. The van der Waals surface area contributed by atoms with E-state index in [0.717, 1.165) is 9.13 Å². The molecule has 24 heavy (non-hydrogen) atoms. The molecule has 0 aliphatic carbocycles. The van der Waals surface area contributed by atoms with E-state index in [4.69, 9.17) is 38.5 Å². The Morgan fingerprint density at radius 1 is 1.21 bits per heavy atom. The molecule has 128 valence electrons. The molecule has 1 amide bonds. The number of nitrogens with two attached hydrogens (primary N) is 1. The third-order valence-electron chi connectivity index (χ3n) is 3.07. The van der Waals surface area contributed by atoms with Gasteiger partial charge in [0.05, 0.1) is 20.2 Å². The Labute approximate surface area is 163 Å². The van der Waals surface area contributed by atoms with Crippen molar-refractivity contribution in [3.63, 3.8) is 0 Å². The molecule has 0 heterocycles. The van der Waals surface area contributed by atoms with Gasteiger partial charge in [-0.1, -0.05) is 29.3 Å². The van der Waals surface area contributed by atoms with Crippen molar-refractivity contribution in [3.05, 3.63) is 55.1 Å². The number of rotatable bonds is 6. The molecule has 0 aromatic heterocycles. The lowest BCUT2D eigenvalue weighted by Crippen LogP contribution is -2.30. The number of benzene rings is 2. The zero-order valence-electron chi connectivity index (χ0n) is 12.7. The van der Waals surface area contributed by atoms with E-state index in [1.54, 1.807) is 24.3 Å². The lowest BCUT2D eigenvalue weighted by Gasteiger charge is -2.15. The highest BCUT2D eigenvalue weighted by Gasteiger charge is 2.16.